The minimum Gasteiger partial charge on any atom is -0.459 e. The number of nitrogens with one attached hydrogen (secondary N) is 1. The molecule has 1 heterocycles. The fraction of sp³-hybridized carbons (Fsp3) is 0.429. The second-order valence-electron chi connectivity index (χ2n) is 4.10. The summed E-state index contributed by atoms with van der Waals surface area (Å²) < 4.78 is 11.3. The van der Waals surface area contributed by atoms with Gasteiger partial charge in [0.2, 0.25) is 0 Å². The maximum absolute atomic E-state index is 5.97. The lowest BCUT2D eigenvalue weighted by Gasteiger charge is -2.14. The Hall–Kier alpha value is -1.03. The summed E-state index contributed by atoms with van der Waals surface area (Å²) in [5.41, 5.74) is 0.855. The van der Waals surface area contributed by atoms with Crippen molar-refractivity contribution in [3.05, 3.63) is 35.0 Å². The second-order valence-corrected chi connectivity index (χ2v) is 4.54. The van der Waals surface area contributed by atoms with Crippen molar-refractivity contribution in [2.24, 2.45) is 0 Å². The number of hydrogen-bond acceptors (Lipinski definition) is 3. The van der Waals surface area contributed by atoms with Crippen molar-refractivity contribution >= 4 is 22.6 Å². The molecular formula is C14H18ClNO2. The van der Waals surface area contributed by atoms with Gasteiger partial charge in [0.15, 0.2) is 0 Å². The van der Waals surface area contributed by atoms with Crippen molar-refractivity contribution in [2.75, 3.05) is 19.8 Å². The monoisotopic (exact) mass is 267 g/mol. The van der Waals surface area contributed by atoms with Crippen LogP contribution in [0.1, 0.15) is 25.6 Å². The SMILES string of the molecule is CCNC(COCC)c1cc2cc(Cl)ccc2o1. The molecule has 98 valence electrons. The molecule has 1 aromatic heterocycles. The average Bonchev–Trinajstić information content (AvgIpc) is 2.77. The minimum absolute atomic E-state index is 0.0844. The normalized spacial score (nSPS) is 13.1. The van der Waals surface area contributed by atoms with E-state index in [9.17, 15) is 0 Å². The summed E-state index contributed by atoms with van der Waals surface area (Å²) in [5, 5.41) is 5.10. The molecule has 0 saturated heterocycles. The average molecular weight is 268 g/mol. The zero-order chi connectivity index (χ0) is 13.0. The summed E-state index contributed by atoms with van der Waals surface area (Å²) in [7, 11) is 0. The summed E-state index contributed by atoms with van der Waals surface area (Å²) >= 11 is 5.97. The fourth-order valence-electron chi connectivity index (χ4n) is 1.93. The first-order valence-corrected chi connectivity index (χ1v) is 6.62. The summed E-state index contributed by atoms with van der Waals surface area (Å²) in [6.45, 7) is 6.24. The Morgan fingerprint density at radius 3 is 2.89 bits per heavy atom. The van der Waals surface area contributed by atoms with E-state index < -0.39 is 0 Å². The summed E-state index contributed by atoms with van der Waals surface area (Å²) in [4.78, 5) is 0. The highest BCUT2D eigenvalue weighted by molar-refractivity contribution is 6.31. The standard InChI is InChI=1S/C14H18ClNO2/c1-3-16-12(9-17-4-2)14-8-10-7-11(15)5-6-13(10)18-14/h5-8,12,16H,3-4,9H2,1-2H3. The summed E-state index contributed by atoms with van der Waals surface area (Å²) in [5.74, 6) is 0.891. The third-order valence-corrected chi connectivity index (χ3v) is 3.02. The number of fused-ring (bicyclic) bond motifs is 1. The van der Waals surface area contributed by atoms with Gasteiger partial charge in [-0.25, -0.2) is 0 Å². The van der Waals surface area contributed by atoms with Gasteiger partial charge in [0.05, 0.1) is 12.6 Å². The predicted octanol–water partition coefficient (Wildman–Crippen LogP) is 3.77. The molecule has 18 heavy (non-hydrogen) atoms. The molecule has 0 saturated carbocycles. The highest BCUT2D eigenvalue weighted by Crippen LogP contribution is 2.26. The van der Waals surface area contributed by atoms with E-state index in [1.54, 1.807) is 0 Å². The Labute approximate surface area is 112 Å². The lowest BCUT2D eigenvalue weighted by Crippen LogP contribution is -2.24. The summed E-state index contributed by atoms with van der Waals surface area (Å²) in [6, 6.07) is 7.75. The minimum atomic E-state index is 0.0844. The first-order chi connectivity index (χ1) is 8.74. The highest BCUT2D eigenvalue weighted by Gasteiger charge is 2.15. The van der Waals surface area contributed by atoms with Crippen LogP contribution in [0.4, 0.5) is 0 Å². The predicted molar refractivity (Wildman–Crippen MR) is 74.1 cm³/mol. The van der Waals surface area contributed by atoms with Gasteiger partial charge < -0.3 is 14.5 Å². The van der Waals surface area contributed by atoms with Crippen LogP contribution in [0.3, 0.4) is 0 Å². The first kappa shape index (κ1) is 13.4. The number of ether oxygens (including phenoxy) is 1. The van der Waals surface area contributed by atoms with Crippen LogP contribution in [0.15, 0.2) is 28.7 Å². The molecule has 0 aliphatic rings. The number of furan rings is 1. The van der Waals surface area contributed by atoms with Gasteiger partial charge in [0.25, 0.3) is 0 Å². The van der Waals surface area contributed by atoms with Crippen LogP contribution in [-0.2, 0) is 4.74 Å². The smallest absolute Gasteiger partial charge is 0.134 e. The van der Waals surface area contributed by atoms with Crippen LogP contribution in [0.25, 0.3) is 11.0 Å². The Morgan fingerprint density at radius 2 is 2.17 bits per heavy atom. The Kier molecular flexibility index (Phi) is 4.64. The third kappa shape index (κ3) is 3.05. The molecule has 0 aliphatic carbocycles. The van der Waals surface area contributed by atoms with Crippen molar-refractivity contribution in [1.82, 2.24) is 5.32 Å². The van der Waals surface area contributed by atoms with E-state index in [4.69, 9.17) is 20.8 Å². The maximum atomic E-state index is 5.97. The molecule has 1 atom stereocenters. The van der Waals surface area contributed by atoms with E-state index in [1.165, 1.54) is 0 Å². The Balaban J connectivity index is 2.26. The largest absolute Gasteiger partial charge is 0.459 e. The lowest BCUT2D eigenvalue weighted by molar-refractivity contribution is 0.117. The molecule has 0 amide bonds. The van der Waals surface area contributed by atoms with Crippen molar-refractivity contribution in [2.45, 2.75) is 19.9 Å². The van der Waals surface area contributed by atoms with Gasteiger partial charge in [-0.1, -0.05) is 18.5 Å². The summed E-state index contributed by atoms with van der Waals surface area (Å²) in [6.07, 6.45) is 0. The lowest BCUT2D eigenvalue weighted by atomic mass is 10.2. The molecule has 0 fully saturated rings. The van der Waals surface area contributed by atoms with Gasteiger partial charge >= 0.3 is 0 Å². The molecule has 3 nitrogen and oxygen atoms in total. The molecule has 2 aromatic rings. The molecule has 0 bridgehead atoms. The first-order valence-electron chi connectivity index (χ1n) is 6.24. The third-order valence-electron chi connectivity index (χ3n) is 2.78. The fourth-order valence-corrected chi connectivity index (χ4v) is 2.11. The number of halogens is 1. The maximum Gasteiger partial charge on any atom is 0.134 e. The highest BCUT2D eigenvalue weighted by atomic mass is 35.5. The number of benzene rings is 1. The van der Waals surface area contributed by atoms with Crippen molar-refractivity contribution in [1.29, 1.82) is 0 Å². The van der Waals surface area contributed by atoms with Gasteiger partial charge in [-0.2, -0.15) is 0 Å². The van der Waals surface area contributed by atoms with Crippen LogP contribution >= 0.6 is 11.6 Å². The van der Waals surface area contributed by atoms with E-state index in [1.807, 2.05) is 31.2 Å². The van der Waals surface area contributed by atoms with Crippen LogP contribution in [0.5, 0.6) is 0 Å². The van der Waals surface area contributed by atoms with E-state index in [-0.39, 0.29) is 6.04 Å². The molecule has 1 aromatic carbocycles. The van der Waals surface area contributed by atoms with E-state index in [2.05, 4.69) is 12.2 Å². The van der Waals surface area contributed by atoms with Gasteiger partial charge in [0.1, 0.15) is 11.3 Å². The van der Waals surface area contributed by atoms with Crippen LogP contribution in [0, 0.1) is 0 Å². The zero-order valence-electron chi connectivity index (χ0n) is 10.7. The topological polar surface area (TPSA) is 34.4 Å². The molecule has 1 N–H and O–H groups in total. The van der Waals surface area contributed by atoms with Crippen molar-refractivity contribution in [3.8, 4) is 0 Å². The van der Waals surface area contributed by atoms with E-state index >= 15 is 0 Å². The van der Waals surface area contributed by atoms with Gasteiger partial charge in [-0.3, -0.25) is 0 Å². The molecule has 1 unspecified atom stereocenters. The van der Waals surface area contributed by atoms with Crippen LogP contribution < -0.4 is 5.32 Å². The van der Waals surface area contributed by atoms with Crippen molar-refractivity contribution < 1.29 is 9.15 Å². The van der Waals surface area contributed by atoms with Gasteiger partial charge in [0, 0.05) is 17.0 Å². The zero-order valence-corrected chi connectivity index (χ0v) is 11.5. The number of hydrogen-bond donors (Lipinski definition) is 1. The molecule has 0 spiro atoms. The Bertz CT molecular complexity index is 509. The molecular weight excluding hydrogens is 250 g/mol. The second kappa shape index (κ2) is 6.23. The molecule has 2 rings (SSSR count). The number of rotatable bonds is 6. The van der Waals surface area contributed by atoms with Gasteiger partial charge in [-0.15, -0.1) is 0 Å². The van der Waals surface area contributed by atoms with E-state index in [0.29, 0.717) is 13.2 Å². The molecule has 0 radical (unpaired) electrons. The van der Waals surface area contributed by atoms with Gasteiger partial charge in [-0.05, 0) is 37.7 Å². The van der Waals surface area contributed by atoms with Crippen LogP contribution in [0.2, 0.25) is 5.02 Å². The Morgan fingerprint density at radius 1 is 1.33 bits per heavy atom. The molecule has 4 heteroatoms. The quantitative estimate of drug-likeness (QED) is 0.865. The van der Waals surface area contributed by atoms with Crippen LogP contribution in [-0.4, -0.2) is 19.8 Å². The number of likely N-dealkylation sites (N-methyl/N-ethyl adjacent to an activating group) is 1. The van der Waals surface area contributed by atoms with E-state index in [0.717, 1.165) is 28.3 Å². The molecule has 0 aliphatic heterocycles. The van der Waals surface area contributed by atoms with Crippen molar-refractivity contribution in [3.63, 3.8) is 0 Å².